The summed E-state index contributed by atoms with van der Waals surface area (Å²) in [6.45, 7) is 5.68. The third-order valence-electron chi connectivity index (χ3n) is 7.39. The number of carbonyl (C=O) groups is 2. The fourth-order valence-electron chi connectivity index (χ4n) is 5.10. The number of hydrogen-bond acceptors (Lipinski definition) is 8. The molecule has 1 saturated heterocycles. The average Bonchev–Trinajstić information content (AvgIpc) is 3.49. The molecule has 1 aliphatic heterocycles. The van der Waals surface area contributed by atoms with Crippen molar-refractivity contribution in [3.63, 3.8) is 0 Å². The second-order valence-corrected chi connectivity index (χ2v) is 9.98. The van der Waals surface area contributed by atoms with Crippen LogP contribution in [0.5, 0.6) is 0 Å². The minimum Gasteiger partial charge on any atom is -0.465 e. The van der Waals surface area contributed by atoms with Crippen LogP contribution in [0.3, 0.4) is 0 Å². The van der Waals surface area contributed by atoms with Crippen molar-refractivity contribution in [2.45, 2.75) is 33.2 Å². The van der Waals surface area contributed by atoms with Gasteiger partial charge in [0.2, 0.25) is 5.82 Å². The van der Waals surface area contributed by atoms with Crippen LogP contribution in [0.15, 0.2) is 77.3 Å². The lowest BCUT2D eigenvalue weighted by molar-refractivity contribution is -0.176. The molecule has 41 heavy (non-hydrogen) atoms. The molecule has 5 rings (SSSR count). The zero-order chi connectivity index (χ0) is 28.8. The fraction of sp³-hybridized carbons (Fsp3) is 0.312. The normalized spacial score (nSPS) is 14.9. The van der Waals surface area contributed by atoms with Gasteiger partial charge in [-0.15, -0.1) is 0 Å². The number of benzene rings is 3. The van der Waals surface area contributed by atoms with E-state index in [1.54, 1.807) is 26.0 Å². The quantitative estimate of drug-likeness (QED) is 0.185. The number of hydrogen-bond donors (Lipinski definition) is 0. The van der Waals surface area contributed by atoms with Crippen molar-refractivity contribution in [1.29, 1.82) is 0 Å². The van der Waals surface area contributed by atoms with Crippen LogP contribution in [0, 0.1) is 11.2 Å². The zero-order valence-corrected chi connectivity index (χ0v) is 23.1. The number of rotatable bonds is 9. The summed E-state index contributed by atoms with van der Waals surface area (Å²) < 4.78 is 30.7. The van der Waals surface area contributed by atoms with Gasteiger partial charge in [0.25, 0.3) is 5.89 Å². The number of aromatic nitrogens is 2. The lowest BCUT2D eigenvalue weighted by Crippen LogP contribution is -2.50. The van der Waals surface area contributed by atoms with Crippen LogP contribution < -0.4 is 0 Å². The molecule has 3 aromatic carbocycles. The van der Waals surface area contributed by atoms with Gasteiger partial charge in [0.15, 0.2) is 5.41 Å². The van der Waals surface area contributed by atoms with E-state index in [4.69, 9.17) is 14.0 Å². The maximum absolute atomic E-state index is 14.8. The molecule has 9 heteroatoms. The van der Waals surface area contributed by atoms with E-state index in [9.17, 15) is 14.0 Å². The van der Waals surface area contributed by atoms with E-state index in [2.05, 4.69) is 15.0 Å². The van der Waals surface area contributed by atoms with Gasteiger partial charge in [0.1, 0.15) is 5.82 Å². The molecule has 1 aromatic heterocycles. The highest BCUT2D eigenvalue weighted by molar-refractivity contribution is 6.00. The van der Waals surface area contributed by atoms with Crippen molar-refractivity contribution < 1.29 is 28.0 Å². The molecule has 8 nitrogen and oxygen atoms in total. The Hall–Kier alpha value is -4.37. The lowest BCUT2D eigenvalue weighted by atomic mass is 9.78. The Labute approximate surface area is 238 Å². The van der Waals surface area contributed by atoms with Crippen molar-refractivity contribution in [1.82, 2.24) is 15.0 Å². The number of piperidine rings is 1. The number of carbonyl (C=O) groups excluding carboxylic acids is 2. The van der Waals surface area contributed by atoms with Crippen molar-refractivity contribution >= 4 is 11.9 Å². The second kappa shape index (κ2) is 12.4. The summed E-state index contributed by atoms with van der Waals surface area (Å²) in [6.07, 6.45) is 0.697. The molecule has 1 fully saturated rings. The molecular weight excluding hydrogens is 525 g/mol. The van der Waals surface area contributed by atoms with E-state index in [1.807, 2.05) is 54.6 Å². The molecule has 2 heterocycles. The average molecular weight is 558 g/mol. The van der Waals surface area contributed by atoms with Crippen LogP contribution in [0.25, 0.3) is 34.0 Å². The van der Waals surface area contributed by atoms with Gasteiger partial charge in [-0.05, 0) is 49.9 Å². The molecule has 0 saturated carbocycles. The molecule has 0 radical (unpaired) electrons. The minimum atomic E-state index is -1.24. The Morgan fingerprint density at radius 2 is 1.51 bits per heavy atom. The van der Waals surface area contributed by atoms with Crippen molar-refractivity contribution in [2.75, 3.05) is 26.3 Å². The molecule has 0 N–H and O–H groups in total. The Morgan fingerprint density at radius 3 is 2.12 bits per heavy atom. The summed E-state index contributed by atoms with van der Waals surface area (Å²) in [5.41, 5.74) is 2.40. The topological polar surface area (TPSA) is 94.8 Å². The molecule has 0 aliphatic carbocycles. The van der Waals surface area contributed by atoms with Gasteiger partial charge in [0.05, 0.1) is 13.2 Å². The lowest BCUT2D eigenvalue weighted by Gasteiger charge is -2.38. The molecule has 212 valence electrons. The van der Waals surface area contributed by atoms with Gasteiger partial charge in [-0.2, -0.15) is 4.98 Å². The number of halogens is 1. The van der Waals surface area contributed by atoms with E-state index in [1.165, 1.54) is 6.07 Å². The molecule has 0 spiro atoms. The summed E-state index contributed by atoms with van der Waals surface area (Å²) in [4.78, 5) is 32.0. The Morgan fingerprint density at radius 1 is 0.878 bits per heavy atom. The van der Waals surface area contributed by atoms with Gasteiger partial charge >= 0.3 is 11.9 Å². The van der Waals surface area contributed by atoms with Crippen molar-refractivity contribution in [3.05, 3.63) is 84.2 Å². The summed E-state index contributed by atoms with van der Waals surface area (Å²) in [7, 11) is 0. The standard InChI is InChI=1S/C32H32FN3O5/c1-3-39-30(37)32(31(38)40-4-2)16-18-36(19-17-32)21-22-10-12-24(13-11-22)28-34-29(41-35-28)25-14-15-26(27(33)20-25)23-8-6-5-7-9-23/h5-15,20H,3-4,16-19,21H2,1-2H3. The van der Waals surface area contributed by atoms with Crippen LogP contribution in [0.2, 0.25) is 0 Å². The van der Waals surface area contributed by atoms with Gasteiger partial charge in [-0.1, -0.05) is 65.8 Å². The molecule has 0 atom stereocenters. The first kappa shape index (κ1) is 28.2. The van der Waals surface area contributed by atoms with Crippen molar-refractivity contribution in [3.8, 4) is 34.0 Å². The SMILES string of the molecule is CCOC(=O)C1(C(=O)OCC)CCN(Cc2ccc(-c3noc(-c4ccc(-c5ccccc5)c(F)c4)n3)cc2)CC1. The predicted molar refractivity (Wildman–Crippen MR) is 151 cm³/mol. The molecule has 4 aromatic rings. The number of likely N-dealkylation sites (tertiary alicyclic amines) is 1. The Kier molecular flexibility index (Phi) is 8.54. The first-order valence-electron chi connectivity index (χ1n) is 13.8. The highest BCUT2D eigenvalue weighted by Gasteiger charge is 2.50. The second-order valence-electron chi connectivity index (χ2n) is 9.98. The number of nitrogens with zero attached hydrogens (tertiary/aromatic N) is 3. The van der Waals surface area contributed by atoms with Crippen LogP contribution in [-0.2, 0) is 25.6 Å². The molecule has 1 aliphatic rings. The minimum absolute atomic E-state index is 0.218. The van der Waals surface area contributed by atoms with E-state index < -0.39 is 17.4 Å². The maximum Gasteiger partial charge on any atom is 0.323 e. The summed E-state index contributed by atoms with van der Waals surface area (Å²) in [5.74, 6) is -0.723. The van der Waals surface area contributed by atoms with Gasteiger partial charge < -0.3 is 14.0 Å². The maximum atomic E-state index is 14.8. The number of esters is 2. The molecular formula is C32H32FN3O5. The highest BCUT2D eigenvalue weighted by atomic mass is 19.1. The smallest absolute Gasteiger partial charge is 0.323 e. The van der Waals surface area contributed by atoms with Gasteiger partial charge in [0, 0.05) is 36.3 Å². The summed E-state index contributed by atoms with van der Waals surface area (Å²) >= 11 is 0. The van der Waals surface area contributed by atoms with E-state index in [0.717, 1.165) is 16.7 Å². The van der Waals surface area contributed by atoms with E-state index in [-0.39, 0.29) is 24.9 Å². The van der Waals surface area contributed by atoms with E-state index >= 15 is 0 Å². The van der Waals surface area contributed by atoms with Crippen molar-refractivity contribution in [2.24, 2.45) is 5.41 Å². The predicted octanol–water partition coefficient (Wildman–Crippen LogP) is 5.92. The van der Waals surface area contributed by atoms with Crippen LogP contribution in [0.4, 0.5) is 4.39 Å². The first-order valence-corrected chi connectivity index (χ1v) is 13.8. The third-order valence-corrected chi connectivity index (χ3v) is 7.39. The highest BCUT2D eigenvalue weighted by Crippen LogP contribution is 2.35. The third kappa shape index (κ3) is 6.05. The fourth-order valence-corrected chi connectivity index (χ4v) is 5.10. The summed E-state index contributed by atoms with van der Waals surface area (Å²) in [6, 6.07) is 22.0. The molecule has 0 unspecified atom stereocenters. The Balaban J connectivity index is 1.22. The van der Waals surface area contributed by atoms with E-state index in [0.29, 0.717) is 49.4 Å². The van der Waals surface area contributed by atoms with Gasteiger partial charge in [-0.25, -0.2) is 4.39 Å². The largest absolute Gasteiger partial charge is 0.465 e. The zero-order valence-electron chi connectivity index (χ0n) is 23.1. The van der Waals surface area contributed by atoms with Crippen LogP contribution in [-0.4, -0.2) is 53.3 Å². The van der Waals surface area contributed by atoms with Crippen LogP contribution in [0.1, 0.15) is 32.3 Å². The monoisotopic (exact) mass is 557 g/mol. The van der Waals surface area contributed by atoms with Gasteiger partial charge in [-0.3, -0.25) is 14.5 Å². The summed E-state index contributed by atoms with van der Waals surface area (Å²) in [5, 5.41) is 4.09. The molecule has 0 amide bonds. The Bertz CT molecular complexity index is 1480. The molecule has 0 bridgehead atoms. The first-order chi connectivity index (χ1) is 19.9. The number of ether oxygens (including phenoxy) is 2. The van der Waals surface area contributed by atoms with Crippen LogP contribution >= 0.6 is 0 Å².